The van der Waals surface area contributed by atoms with Crippen molar-refractivity contribution >= 4 is 31.6 Å². The summed E-state index contributed by atoms with van der Waals surface area (Å²) in [7, 11) is -4.62. The molecule has 0 aromatic rings. The number of carboxylic acids is 1. The Morgan fingerprint density at radius 1 is 1.14 bits per heavy atom. The van der Waals surface area contributed by atoms with Crippen LogP contribution in [0.25, 0.3) is 0 Å². The number of carboxylic acid groups (broad SMARTS) is 1. The van der Waals surface area contributed by atoms with Crippen LogP contribution in [0.4, 0.5) is 0 Å². The predicted octanol–water partition coefficient (Wildman–Crippen LogP) is -1.59. The number of hydrogen-bond acceptors (Lipinski definition) is 13. The van der Waals surface area contributed by atoms with Crippen molar-refractivity contribution in [3.63, 3.8) is 0 Å². The van der Waals surface area contributed by atoms with Crippen LogP contribution in [0.15, 0.2) is 0 Å². The van der Waals surface area contributed by atoms with Crippen molar-refractivity contribution in [1.29, 1.82) is 0 Å². The Morgan fingerprint density at radius 2 is 1.78 bits per heavy atom. The van der Waals surface area contributed by atoms with Gasteiger partial charge in [-0.15, -0.1) is 0 Å². The van der Waals surface area contributed by atoms with E-state index in [2.05, 4.69) is 10.6 Å². The van der Waals surface area contributed by atoms with Gasteiger partial charge in [-0.3, -0.25) is 23.4 Å². The van der Waals surface area contributed by atoms with Crippen LogP contribution in [-0.2, 0) is 47.0 Å². The number of hydrogen-bond donors (Lipinski definition) is 6. The number of esters is 2. The van der Waals surface area contributed by atoms with Crippen LogP contribution in [0.2, 0.25) is 0 Å². The van der Waals surface area contributed by atoms with E-state index in [1.807, 2.05) is 0 Å². The molecule has 1 amide bonds. The van der Waals surface area contributed by atoms with Gasteiger partial charge in [0.25, 0.3) is 5.79 Å². The van der Waals surface area contributed by atoms with Crippen molar-refractivity contribution in [3.8, 4) is 0 Å². The van der Waals surface area contributed by atoms with Crippen molar-refractivity contribution in [1.82, 2.24) is 10.6 Å². The largest absolute Gasteiger partial charge is 0.477 e. The van der Waals surface area contributed by atoms with E-state index in [9.17, 15) is 44.0 Å². The van der Waals surface area contributed by atoms with E-state index in [1.54, 1.807) is 6.92 Å². The molecule has 6 atom stereocenters. The van der Waals surface area contributed by atoms with E-state index in [0.717, 1.165) is 0 Å². The maximum atomic E-state index is 12.1. The molecule has 37 heavy (non-hydrogen) atoms. The lowest BCUT2D eigenvalue weighted by atomic mass is 9.93. The van der Waals surface area contributed by atoms with E-state index in [-0.39, 0.29) is 39.1 Å². The molecule has 1 aliphatic rings. The number of carbonyl (C=O) groups is 4. The third kappa shape index (κ3) is 11.8. The lowest BCUT2D eigenvalue weighted by Crippen LogP contribution is -2.65. The first kappa shape index (κ1) is 32.9. The fourth-order valence-corrected chi connectivity index (χ4v) is 3.88. The maximum absolute atomic E-state index is 12.1. The summed E-state index contributed by atoms with van der Waals surface area (Å²) in [6.45, 7) is 2.63. The molecular formula is C20H35N2O14P. The van der Waals surface area contributed by atoms with E-state index in [0.29, 0.717) is 0 Å². The van der Waals surface area contributed by atoms with Crippen LogP contribution in [-0.4, -0.2) is 107 Å². The molecule has 0 radical (unpaired) electrons. The average molecular weight is 558 g/mol. The monoisotopic (exact) mass is 558 g/mol. The van der Waals surface area contributed by atoms with Crippen LogP contribution in [0.5, 0.6) is 0 Å². The Labute approximate surface area is 213 Å². The average Bonchev–Trinajstić information content (AvgIpc) is 2.81. The highest BCUT2D eigenvalue weighted by molar-refractivity contribution is 7.47. The number of aliphatic hydroxyl groups excluding tert-OH is 1. The van der Waals surface area contributed by atoms with Crippen molar-refractivity contribution in [2.75, 3.05) is 32.9 Å². The Hall–Kier alpha value is -2.17. The molecule has 6 N–H and O–H groups in total. The number of amides is 1. The number of nitrogens with one attached hydrogen (secondary N) is 2. The van der Waals surface area contributed by atoms with E-state index >= 15 is 0 Å². The van der Waals surface area contributed by atoms with Crippen LogP contribution in [0.1, 0.15) is 40.0 Å². The smallest absolute Gasteiger partial charge is 0.472 e. The molecule has 1 heterocycles. The number of phosphoric ester groups is 1. The Bertz CT molecular complexity index is 842. The van der Waals surface area contributed by atoms with Crippen LogP contribution < -0.4 is 10.6 Å². The summed E-state index contributed by atoms with van der Waals surface area (Å²) in [6, 6.07) is -1.04. The van der Waals surface area contributed by atoms with Gasteiger partial charge >= 0.3 is 25.7 Å². The fraction of sp³-hybridized carbons (Fsp3) is 0.800. The second-order valence-electron chi connectivity index (χ2n) is 8.05. The predicted molar refractivity (Wildman–Crippen MR) is 122 cm³/mol. The summed E-state index contributed by atoms with van der Waals surface area (Å²) >= 11 is 0. The number of carbonyl (C=O) groups excluding carboxylic acids is 3. The summed E-state index contributed by atoms with van der Waals surface area (Å²) in [5.41, 5.74) is 0. The van der Waals surface area contributed by atoms with Crippen LogP contribution in [0.3, 0.4) is 0 Å². The van der Waals surface area contributed by atoms with Crippen molar-refractivity contribution < 1.29 is 67.2 Å². The van der Waals surface area contributed by atoms with E-state index < -0.39 is 74.8 Å². The van der Waals surface area contributed by atoms with Crippen molar-refractivity contribution in [3.05, 3.63) is 0 Å². The summed E-state index contributed by atoms with van der Waals surface area (Å²) in [5, 5.41) is 34.7. The van der Waals surface area contributed by atoms with E-state index in [1.165, 1.54) is 13.8 Å². The number of phosphoric acid groups is 1. The minimum absolute atomic E-state index is 0.0194. The summed E-state index contributed by atoms with van der Waals surface area (Å²) in [5.74, 6) is -6.11. The third-order valence-corrected chi connectivity index (χ3v) is 5.94. The van der Waals surface area contributed by atoms with Crippen molar-refractivity contribution in [2.24, 2.45) is 0 Å². The number of rotatable bonds is 16. The molecule has 0 aromatic carbocycles. The lowest BCUT2D eigenvalue weighted by Gasteiger charge is -2.42. The molecule has 0 spiro atoms. The fourth-order valence-electron chi connectivity index (χ4n) is 3.13. The van der Waals surface area contributed by atoms with Gasteiger partial charge in [0, 0.05) is 39.3 Å². The standard InChI is InChI=1S/C20H35N2O14P/c1-4-16(25)32-10-13(35-17(26)5-2)11-34-37(30,31)33-7-6-21-9-15-18(22-12(3)23)14(24)8-20(29,36-15)19(27)28/h13-15,18,21,24,29H,4-11H2,1-3H3,(H,22,23)(H,27,28)(H,30,31). The molecule has 0 aromatic heterocycles. The zero-order chi connectivity index (χ0) is 28.2. The Morgan fingerprint density at radius 3 is 2.35 bits per heavy atom. The second kappa shape index (κ2) is 15.3. The Kier molecular flexibility index (Phi) is 13.6. The normalized spacial score (nSPS) is 25.9. The highest BCUT2D eigenvalue weighted by atomic mass is 31.2. The Balaban J connectivity index is 2.57. The summed E-state index contributed by atoms with van der Waals surface area (Å²) < 4.78 is 36.9. The topological polar surface area (TPSA) is 236 Å². The maximum Gasteiger partial charge on any atom is 0.472 e. The molecule has 17 heteroatoms. The first-order valence-corrected chi connectivity index (χ1v) is 13.0. The molecule has 0 bridgehead atoms. The third-order valence-electron chi connectivity index (χ3n) is 4.96. The van der Waals surface area contributed by atoms with Crippen molar-refractivity contribution in [2.45, 2.75) is 70.2 Å². The molecule has 6 unspecified atom stereocenters. The molecule has 0 aliphatic carbocycles. The van der Waals surface area contributed by atoms with Gasteiger partial charge in [-0.1, -0.05) is 13.8 Å². The molecule has 1 saturated heterocycles. The molecule has 1 aliphatic heterocycles. The summed E-state index contributed by atoms with van der Waals surface area (Å²) in [6.07, 6.45) is -4.32. The zero-order valence-corrected chi connectivity index (χ0v) is 21.7. The number of aliphatic hydroxyl groups is 2. The molecule has 16 nitrogen and oxygen atoms in total. The van der Waals surface area contributed by atoms with Gasteiger partial charge in [0.15, 0.2) is 6.10 Å². The minimum atomic E-state index is -4.62. The van der Waals surface area contributed by atoms with Crippen LogP contribution >= 0.6 is 7.82 Å². The molecule has 1 rings (SSSR count). The number of ether oxygens (including phenoxy) is 3. The van der Waals surface area contributed by atoms with Gasteiger partial charge in [-0.2, -0.15) is 0 Å². The van der Waals surface area contributed by atoms with Gasteiger partial charge in [-0.25, -0.2) is 9.36 Å². The van der Waals surface area contributed by atoms with Gasteiger partial charge < -0.3 is 45.1 Å². The van der Waals surface area contributed by atoms with Gasteiger partial charge in [-0.05, 0) is 0 Å². The van der Waals surface area contributed by atoms with Gasteiger partial charge in [0.05, 0.1) is 31.5 Å². The first-order chi connectivity index (χ1) is 17.2. The van der Waals surface area contributed by atoms with E-state index in [4.69, 9.17) is 23.3 Å². The summed E-state index contributed by atoms with van der Waals surface area (Å²) in [4.78, 5) is 55.5. The van der Waals surface area contributed by atoms with Crippen LogP contribution in [0, 0.1) is 0 Å². The lowest BCUT2D eigenvalue weighted by molar-refractivity contribution is -0.275. The highest BCUT2D eigenvalue weighted by Gasteiger charge is 2.50. The zero-order valence-electron chi connectivity index (χ0n) is 20.8. The quantitative estimate of drug-likeness (QED) is 0.0711. The molecular weight excluding hydrogens is 523 g/mol. The van der Waals surface area contributed by atoms with Gasteiger partial charge in [0.1, 0.15) is 6.61 Å². The SMILES string of the molecule is CCC(=O)OCC(COP(=O)(O)OCCNCC1OC(O)(C(=O)O)CC(O)C1NC(C)=O)OC(=O)CC. The molecule has 214 valence electrons. The minimum Gasteiger partial charge on any atom is -0.477 e. The second-order valence-corrected chi connectivity index (χ2v) is 9.50. The van der Waals surface area contributed by atoms with Gasteiger partial charge in [0.2, 0.25) is 5.91 Å². The number of aliphatic carboxylic acids is 1. The highest BCUT2D eigenvalue weighted by Crippen LogP contribution is 2.43. The molecule has 1 fully saturated rings. The molecule has 0 saturated carbocycles. The first-order valence-electron chi connectivity index (χ1n) is 11.5.